The summed E-state index contributed by atoms with van der Waals surface area (Å²) in [4.78, 5) is 4.64. The van der Waals surface area contributed by atoms with Gasteiger partial charge in [0.05, 0.1) is 11.0 Å². The Bertz CT molecular complexity index is 734. The molecule has 108 valence electrons. The van der Waals surface area contributed by atoms with Crippen LogP contribution in [0.1, 0.15) is 17.8 Å². The first-order valence-corrected chi connectivity index (χ1v) is 7.07. The number of para-hydroxylation sites is 2. The molecule has 0 fully saturated rings. The molecule has 0 saturated heterocycles. The minimum atomic E-state index is -0.227. The van der Waals surface area contributed by atoms with Gasteiger partial charge in [0.1, 0.15) is 11.6 Å². The van der Waals surface area contributed by atoms with Gasteiger partial charge in [-0.15, -0.1) is 0 Å². The topological polar surface area (TPSA) is 38.1 Å². The first kappa shape index (κ1) is 13.8. The summed E-state index contributed by atoms with van der Waals surface area (Å²) in [6, 6.07) is 14.5. The summed E-state index contributed by atoms with van der Waals surface area (Å²) in [6.07, 6.45) is 1.42. The van der Waals surface area contributed by atoms with Crippen LogP contribution < -0.4 is 0 Å². The molecule has 3 rings (SSSR count). The van der Waals surface area contributed by atoms with E-state index in [0.717, 1.165) is 28.8 Å². The van der Waals surface area contributed by atoms with Crippen LogP contribution in [0.4, 0.5) is 4.39 Å². The van der Waals surface area contributed by atoms with Gasteiger partial charge in [0.2, 0.25) is 0 Å². The smallest absolute Gasteiger partial charge is 0.123 e. The second-order valence-electron chi connectivity index (χ2n) is 5.06. The number of benzene rings is 2. The summed E-state index contributed by atoms with van der Waals surface area (Å²) < 4.78 is 15.2. The van der Waals surface area contributed by atoms with Gasteiger partial charge in [0, 0.05) is 19.6 Å². The normalized spacial score (nSPS) is 11.1. The molecule has 1 heterocycles. The van der Waals surface area contributed by atoms with Gasteiger partial charge >= 0.3 is 0 Å². The molecule has 0 amide bonds. The fourth-order valence-corrected chi connectivity index (χ4v) is 2.50. The van der Waals surface area contributed by atoms with Crippen LogP contribution in [0.3, 0.4) is 0 Å². The maximum absolute atomic E-state index is 13.0. The number of fused-ring (bicyclic) bond motifs is 1. The number of hydrogen-bond donors (Lipinski definition) is 1. The predicted molar refractivity (Wildman–Crippen MR) is 80.6 cm³/mol. The van der Waals surface area contributed by atoms with E-state index in [0.29, 0.717) is 13.0 Å². The molecule has 2 aromatic carbocycles. The highest BCUT2D eigenvalue weighted by atomic mass is 19.1. The van der Waals surface area contributed by atoms with E-state index in [-0.39, 0.29) is 12.4 Å². The van der Waals surface area contributed by atoms with Gasteiger partial charge in [-0.2, -0.15) is 0 Å². The number of aryl methyl sites for hydroxylation is 1. The van der Waals surface area contributed by atoms with Crippen LogP contribution >= 0.6 is 0 Å². The van der Waals surface area contributed by atoms with E-state index < -0.39 is 0 Å². The third kappa shape index (κ3) is 2.95. The Morgan fingerprint density at radius 3 is 2.57 bits per heavy atom. The van der Waals surface area contributed by atoms with Gasteiger partial charge in [-0.25, -0.2) is 9.37 Å². The quantitative estimate of drug-likeness (QED) is 0.781. The Morgan fingerprint density at radius 2 is 1.81 bits per heavy atom. The standard InChI is InChI=1S/C17H17FN2O/c18-14-9-7-13(8-10-14)12-20-16-5-2-1-4-15(16)19-17(20)6-3-11-21/h1-2,4-5,7-10,21H,3,6,11-12H2. The van der Waals surface area contributed by atoms with E-state index in [9.17, 15) is 4.39 Å². The Kier molecular flexibility index (Phi) is 3.97. The van der Waals surface area contributed by atoms with Crippen molar-refractivity contribution in [2.75, 3.05) is 6.61 Å². The minimum Gasteiger partial charge on any atom is -0.396 e. The molecule has 0 saturated carbocycles. The fraction of sp³-hybridized carbons (Fsp3) is 0.235. The molecule has 1 N–H and O–H groups in total. The Morgan fingerprint density at radius 1 is 1.05 bits per heavy atom. The Balaban J connectivity index is 1.99. The lowest BCUT2D eigenvalue weighted by molar-refractivity contribution is 0.287. The third-order valence-electron chi connectivity index (χ3n) is 3.55. The molecule has 3 aromatic rings. The average molecular weight is 284 g/mol. The predicted octanol–water partition coefficient (Wildman–Crippen LogP) is 3.15. The monoisotopic (exact) mass is 284 g/mol. The van der Waals surface area contributed by atoms with Gasteiger partial charge in [0.15, 0.2) is 0 Å². The van der Waals surface area contributed by atoms with Crippen LogP contribution in [0.25, 0.3) is 11.0 Å². The van der Waals surface area contributed by atoms with Crippen molar-refractivity contribution < 1.29 is 9.50 Å². The number of rotatable bonds is 5. The van der Waals surface area contributed by atoms with Gasteiger partial charge in [0.25, 0.3) is 0 Å². The van der Waals surface area contributed by atoms with Crippen LogP contribution in [-0.4, -0.2) is 21.3 Å². The SMILES string of the molecule is OCCCc1nc2ccccc2n1Cc1ccc(F)cc1. The molecule has 1 aromatic heterocycles. The van der Waals surface area contributed by atoms with E-state index in [4.69, 9.17) is 5.11 Å². The van der Waals surface area contributed by atoms with Crippen molar-refractivity contribution >= 4 is 11.0 Å². The highest BCUT2D eigenvalue weighted by Crippen LogP contribution is 2.19. The third-order valence-corrected chi connectivity index (χ3v) is 3.55. The maximum atomic E-state index is 13.0. The maximum Gasteiger partial charge on any atom is 0.123 e. The Hall–Kier alpha value is -2.20. The molecule has 0 aliphatic carbocycles. The zero-order valence-corrected chi connectivity index (χ0v) is 11.7. The fourth-order valence-electron chi connectivity index (χ4n) is 2.50. The van der Waals surface area contributed by atoms with Crippen molar-refractivity contribution in [2.45, 2.75) is 19.4 Å². The van der Waals surface area contributed by atoms with E-state index >= 15 is 0 Å². The van der Waals surface area contributed by atoms with E-state index in [2.05, 4.69) is 9.55 Å². The van der Waals surface area contributed by atoms with E-state index in [1.54, 1.807) is 12.1 Å². The molecule has 0 bridgehead atoms. The largest absolute Gasteiger partial charge is 0.396 e. The van der Waals surface area contributed by atoms with Gasteiger partial charge < -0.3 is 9.67 Å². The second-order valence-corrected chi connectivity index (χ2v) is 5.06. The molecule has 0 aliphatic heterocycles. The van der Waals surface area contributed by atoms with Crippen LogP contribution in [0, 0.1) is 5.82 Å². The number of imidazole rings is 1. The van der Waals surface area contributed by atoms with Crippen LogP contribution in [0.15, 0.2) is 48.5 Å². The molecule has 3 nitrogen and oxygen atoms in total. The first-order chi connectivity index (χ1) is 10.3. The van der Waals surface area contributed by atoms with E-state index in [1.165, 1.54) is 12.1 Å². The van der Waals surface area contributed by atoms with Crippen molar-refractivity contribution in [2.24, 2.45) is 0 Å². The minimum absolute atomic E-state index is 0.153. The molecular formula is C17H17FN2O. The van der Waals surface area contributed by atoms with Crippen molar-refractivity contribution in [3.63, 3.8) is 0 Å². The Labute approximate surface area is 122 Å². The summed E-state index contributed by atoms with van der Waals surface area (Å²) >= 11 is 0. The summed E-state index contributed by atoms with van der Waals surface area (Å²) in [5, 5.41) is 9.03. The molecule has 0 unspecified atom stereocenters. The highest BCUT2D eigenvalue weighted by molar-refractivity contribution is 5.76. The molecule has 0 atom stereocenters. The lowest BCUT2D eigenvalue weighted by atomic mass is 10.2. The molecule has 0 spiro atoms. The lowest BCUT2D eigenvalue weighted by Crippen LogP contribution is -2.06. The number of aliphatic hydroxyl groups is 1. The van der Waals surface area contributed by atoms with Crippen molar-refractivity contribution in [1.82, 2.24) is 9.55 Å². The van der Waals surface area contributed by atoms with Gasteiger partial charge in [-0.3, -0.25) is 0 Å². The zero-order chi connectivity index (χ0) is 14.7. The van der Waals surface area contributed by atoms with Crippen LogP contribution in [0.2, 0.25) is 0 Å². The summed E-state index contributed by atoms with van der Waals surface area (Å²) in [5.74, 6) is 0.726. The number of nitrogens with zero attached hydrogens (tertiary/aromatic N) is 2. The second kappa shape index (κ2) is 6.06. The number of aliphatic hydroxyl groups excluding tert-OH is 1. The van der Waals surface area contributed by atoms with Crippen LogP contribution in [0.5, 0.6) is 0 Å². The van der Waals surface area contributed by atoms with E-state index in [1.807, 2.05) is 24.3 Å². The van der Waals surface area contributed by atoms with Crippen molar-refractivity contribution in [1.29, 1.82) is 0 Å². The van der Waals surface area contributed by atoms with Crippen LogP contribution in [-0.2, 0) is 13.0 Å². The molecule has 0 aliphatic rings. The lowest BCUT2D eigenvalue weighted by Gasteiger charge is -2.09. The molecule has 21 heavy (non-hydrogen) atoms. The summed E-state index contributed by atoms with van der Waals surface area (Å²) in [5.41, 5.74) is 3.05. The van der Waals surface area contributed by atoms with Crippen molar-refractivity contribution in [3.05, 3.63) is 65.7 Å². The highest BCUT2D eigenvalue weighted by Gasteiger charge is 2.10. The molecular weight excluding hydrogens is 267 g/mol. The molecule has 0 radical (unpaired) electrons. The van der Waals surface area contributed by atoms with Gasteiger partial charge in [-0.1, -0.05) is 24.3 Å². The van der Waals surface area contributed by atoms with Crippen molar-refractivity contribution in [3.8, 4) is 0 Å². The van der Waals surface area contributed by atoms with Gasteiger partial charge in [-0.05, 0) is 36.2 Å². The number of halogens is 1. The summed E-state index contributed by atoms with van der Waals surface area (Å²) in [7, 11) is 0. The number of aromatic nitrogens is 2. The average Bonchev–Trinajstić information content (AvgIpc) is 2.85. The first-order valence-electron chi connectivity index (χ1n) is 7.07. The number of hydrogen-bond acceptors (Lipinski definition) is 2. The zero-order valence-electron chi connectivity index (χ0n) is 11.7. The summed E-state index contributed by atoms with van der Waals surface area (Å²) in [6.45, 7) is 0.807. The molecule has 4 heteroatoms.